The Morgan fingerprint density at radius 1 is 1.21 bits per heavy atom. The number of nitriles is 1. The average Bonchev–Trinajstić information content (AvgIpc) is 3.24. The molecule has 0 aliphatic carbocycles. The van der Waals surface area contributed by atoms with E-state index < -0.39 is 10.0 Å². The minimum atomic E-state index is -3.62. The molecule has 2 aromatic carbocycles. The molecule has 178 valence electrons. The first-order valence-electron chi connectivity index (χ1n) is 11.2. The van der Waals surface area contributed by atoms with Crippen molar-refractivity contribution < 1.29 is 17.9 Å². The van der Waals surface area contributed by atoms with E-state index in [9.17, 15) is 13.2 Å². The topological polar surface area (TPSA) is 109 Å². The molecule has 10 heteroatoms. The van der Waals surface area contributed by atoms with Crippen LogP contribution in [0.15, 0.2) is 47.4 Å². The summed E-state index contributed by atoms with van der Waals surface area (Å²) in [7, 11) is -1.93. The number of imidazole rings is 1. The van der Waals surface area contributed by atoms with Crippen LogP contribution in [0.2, 0.25) is 0 Å². The summed E-state index contributed by atoms with van der Waals surface area (Å²) in [6, 6.07) is 14.0. The van der Waals surface area contributed by atoms with E-state index in [-0.39, 0.29) is 17.2 Å². The van der Waals surface area contributed by atoms with Crippen molar-refractivity contribution in [1.29, 1.82) is 5.26 Å². The predicted octanol–water partition coefficient (Wildman–Crippen LogP) is 2.54. The van der Waals surface area contributed by atoms with E-state index in [4.69, 9.17) is 10.00 Å². The summed E-state index contributed by atoms with van der Waals surface area (Å²) in [6.45, 7) is 4.09. The fraction of sp³-hybridized carbons (Fsp3) is 0.375. The molecule has 0 unspecified atom stereocenters. The van der Waals surface area contributed by atoms with Gasteiger partial charge in [0.1, 0.15) is 5.82 Å². The highest BCUT2D eigenvalue weighted by molar-refractivity contribution is 7.89. The van der Waals surface area contributed by atoms with E-state index in [0.29, 0.717) is 56.0 Å². The number of sulfonamides is 1. The lowest BCUT2D eigenvalue weighted by Gasteiger charge is -2.26. The Hall–Kier alpha value is -3.26. The number of aromatic nitrogens is 2. The highest BCUT2D eigenvalue weighted by atomic mass is 32.2. The van der Waals surface area contributed by atoms with Crippen LogP contribution >= 0.6 is 0 Å². The molecular weight excluding hydrogens is 454 g/mol. The maximum atomic E-state index is 13.0. The summed E-state index contributed by atoms with van der Waals surface area (Å²) in [6.07, 6.45) is 0.644. The molecule has 1 aliphatic heterocycles. The van der Waals surface area contributed by atoms with Gasteiger partial charge in [-0.05, 0) is 43.3 Å². The third-order valence-electron chi connectivity index (χ3n) is 6.02. The van der Waals surface area contributed by atoms with Crippen molar-refractivity contribution in [2.75, 3.05) is 38.3 Å². The Balaban J connectivity index is 1.54. The van der Waals surface area contributed by atoms with Gasteiger partial charge in [-0.1, -0.05) is 6.07 Å². The van der Waals surface area contributed by atoms with Gasteiger partial charge in [0, 0.05) is 45.2 Å². The van der Waals surface area contributed by atoms with Gasteiger partial charge >= 0.3 is 0 Å². The van der Waals surface area contributed by atoms with Crippen molar-refractivity contribution in [3.05, 3.63) is 53.9 Å². The van der Waals surface area contributed by atoms with Crippen molar-refractivity contribution in [2.45, 2.75) is 31.2 Å². The van der Waals surface area contributed by atoms with E-state index >= 15 is 0 Å². The number of morpholine rings is 1. The van der Waals surface area contributed by atoms with Crippen LogP contribution < -0.4 is 4.90 Å². The summed E-state index contributed by atoms with van der Waals surface area (Å²) >= 11 is 0. The highest BCUT2D eigenvalue weighted by Gasteiger charge is 2.27. The molecule has 0 N–H and O–H groups in total. The predicted molar refractivity (Wildman–Crippen MR) is 128 cm³/mol. The Bertz CT molecular complexity index is 1350. The second-order valence-electron chi connectivity index (χ2n) is 8.05. The number of fused-ring (bicyclic) bond motifs is 1. The Morgan fingerprint density at radius 3 is 2.68 bits per heavy atom. The quantitative estimate of drug-likeness (QED) is 0.513. The molecule has 4 rings (SSSR count). The zero-order valence-corrected chi connectivity index (χ0v) is 20.1. The summed E-state index contributed by atoms with van der Waals surface area (Å²) in [4.78, 5) is 19.2. The second kappa shape index (κ2) is 9.93. The van der Waals surface area contributed by atoms with Crippen LogP contribution in [0.3, 0.4) is 0 Å². The lowest BCUT2D eigenvalue weighted by Crippen LogP contribution is -2.40. The number of carbonyl (C=O) groups is 1. The standard InChI is InChI=1S/C24H27N5O4S/c1-3-29-22-8-7-20(34(31,32)28-11-13-33-14-12-28)16-21(22)26-23(29)9-10-24(30)27(2)19-6-4-5-18(15-19)17-25/h4-8,15-16H,3,9-14H2,1-2H3. The Morgan fingerprint density at radius 2 is 1.97 bits per heavy atom. The third-order valence-corrected chi connectivity index (χ3v) is 7.92. The number of rotatable bonds is 7. The van der Waals surface area contributed by atoms with Gasteiger partial charge in [-0.2, -0.15) is 9.57 Å². The molecule has 1 fully saturated rings. The molecule has 34 heavy (non-hydrogen) atoms. The van der Waals surface area contributed by atoms with Crippen molar-refractivity contribution in [2.24, 2.45) is 0 Å². The van der Waals surface area contributed by atoms with Gasteiger partial charge in [-0.15, -0.1) is 0 Å². The third kappa shape index (κ3) is 4.68. The van der Waals surface area contributed by atoms with E-state index in [1.54, 1.807) is 49.5 Å². The van der Waals surface area contributed by atoms with E-state index in [2.05, 4.69) is 11.1 Å². The first-order chi connectivity index (χ1) is 16.3. The first kappa shape index (κ1) is 23.9. The van der Waals surface area contributed by atoms with Crippen molar-refractivity contribution in [3.63, 3.8) is 0 Å². The SMILES string of the molecule is CCn1c(CCC(=O)N(C)c2cccc(C#N)c2)nc2cc(S(=O)(=O)N3CCOCC3)ccc21. The van der Waals surface area contributed by atoms with Gasteiger partial charge in [0.15, 0.2) is 0 Å². The van der Waals surface area contributed by atoms with E-state index in [0.717, 1.165) is 11.3 Å². The van der Waals surface area contributed by atoms with Crippen molar-refractivity contribution in [1.82, 2.24) is 13.9 Å². The van der Waals surface area contributed by atoms with E-state index in [1.165, 1.54) is 9.21 Å². The van der Waals surface area contributed by atoms with Gasteiger partial charge in [-0.25, -0.2) is 13.4 Å². The molecule has 0 radical (unpaired) electrons. The van der Waals surface area contributed by atoms with Crippen LogP contribution in [0, 0.1) is 11.3 Å². The van der Waals surface area contributed by atoms with Crippen LogP contribution in [0.4, 0.5) is 5.69 Å². The smallest absolute Gasteiger partial charge is 0.243 e. The average molecular weight is 482 g/mol. The number of anilines is 1. The molecule has 2 heterocycles. The normalized spacial score (nSPS) is 14.7. The number of carbonyl (C=O) groups excluding carboxylic acids is 1. The van der Waals surface area contributed by atoms with Crippen LogP contribution in [0.5, 0.6) is 0 Å². The zero-order valence-electron chi connectivity index (χ0n) is 19.3. The van der Waals surface area contributed by atoms with Crippen LogP contribution in [0.25, 0.3) is 11.0 Å². The molecule has 1 aromatic heterocycles. The number of benzene rings is 2. The minimum Gasteiger partial charge on any atom is -0.379 e. The van der Waals surface area contributed by atoms with Gasteiger partial charge in [0.25, 0.3) is 0 Å². The van der Waals surface area contributed by atoms with Gasteiger partial charge in [0.2, 0.25) is 15.9 Å². The van der Waals surface area contributed by atoms with Gasteiger partial charge < -0.3 is 14.2 Å². The van der Waals surface area contributed by atoms with Crippen molar-refractivity contribution in [3.8, 4) is 6.07 Å². The summed E-state index contributed by atoms with van der Waals surface area (Å²) in [5, 5.41) is 9.09. The lowest BCUT2D eigenvalue weighted by atomic mass is 10.2. The first-order valence-corrected chi connectivity index (χ1v) is 12.6. The Labute approximate surface area is 199 Å². The molecule has 0 saturated carbocycles. The zero-order chi connectivity index (χ0) is 24.3. The summed E-state index contributed by atoms with van der Waals surface area (Å²) in [5.41, 5.74) is 2.58. The number of hydrogen-bond acceptors (Lipinski definition) is 6. The number of ether oxygens (including phenoxy) is 1. The second-order valence-corrected chi connectivity index (χ2v) is 9.99. The fourth-order valence-electron chi connectivity index (χ4n) is 4.11. The van der Waals surface area contributed by atoms with E-state index in [1.807, 2.05) is 11.5 Å². The maximum Gasteiger partial charge on any atom is 0.243 e. The van der Waals surface area contributed by atoms with Crippen LogP contribution in [0.1, 0.15) is 24.7 Å². The number of hydrogen-bond donors (Lipinski definition) is 0. The molecule has 1 amide bonds. The van der Waals surface area contributed by atoms with Crippen molar-refractivity contribution >= 4 is 32.7 Å². The molecule has 1 saturated heterocycles. The number of amides is 1. The summed E-state index contributed by atoms with van der Waals surface area (Å²) in [5.74, 6) is 0.631. The van der Waals surface area contributed by atoms with Crippen LogP contribution in [-0.2, 0) is 32.5 Å². The Kier molecular flexibility index (Phi) is 6.97. The molecule has 0 spiro atoms. The number of nitrogens with zero attached hydrogens (tertiary/aromatic N) is 5. The number of aryl methyl sites for hydroxylation is 2. The monoisotopic (exact) mass is 481 g/mol. The fourth-order valence-corrected chi connectivity index (χ4v) is 5.54. The maximum absolute atomic E-state index is 13.0. The lowest BCUT2D eigenvalue weighted by molar-refractivity contribution is -0.118. The van der Waals surface area contributed by atoms with Gasteiger partial charge in [-0.3, -0.25) is 4.79 Å². The molecule has 3 aromatic rings. The molecule has 0 atom stereocenters. The minimum absolute atomic E-state index is 0.0969. The molecule has 0 bridgehead atoms. The molecule has 1 aliphatic rings. The summed E-state index contributed by atoms with van der Waals surface area (Å²) < 4.78 is 34.8. The highest BCUT2D eigenvalue weighted by Crippen LogP contribution is 2.24. The molecular formula is C24H27N5O4S. The largest absolute Gasteiger partial charge is 0.379 e. The molecule has 9 nitrogen and oxygen atoms in total. The van der Waals surface area contributed by atoms with Crippen LogP contribution in [-0.4, -0.2) is 61.5 Å². The van der Waals surface area contributed by atoms with Gasteiger partial charge in [0.05, 0.1) is 40.8 Å².